The maximum absolute atomic E-state index is 11.7. The Kier molecular flexibility index (Phi) is 2.27. The first-order chi connectivity index (χ1) is 6.18. The number of fused-ring (bicyclic) bond motifs is 1. The van der Waals surface area contributed by atoms with Crippen LogP contribution in [0, 0.1) is 17.8 Å². The third-order valence-electron chi connectivity index (χ3n) is 3.68. The van der Waals surface area contributed by atoms with E-state index in [9.17, 15) is 4.79 Å². The molecule has 0 saturated heterocycles. The summed E-state index contributed by atoms with van der Waals surface area (Å²) in [5, 5.41) is 0. The molecule has 0 N–H and O–H groups in total. The molecular formula is C12H18O. The molecule has 13 heavy (non-hydrogen) atoms. The van der Waals surface area contributed by atoms with Gasteiger partial charge in [-0.2, -0.15) is 0 Å². The summed E-state index contributed by atoms with van der Waals surface area (Å²) in [4.78, 5) is 11.7. The van der Waals surface area contributed by atoms with Gasteiger partial charge in [-0.1, -0.05) is 12.0 Å². The first-order valence-corrected chi connectivity index (χ1v) is 5.35. The molecule has 2 fully saturated rings. The summed E-state index contributed by atoms with van der Waals surface area (Å²) in [5.74, 6) is 2.30. The number of hydrogen-bond donors (Lipinski definition) is 0. The van der Waals surface area contributed by atoms with Gasteiger partial charge >= 0.3 is 0 Å². The number of allylic oxidation sites excluding steroid dienone is 1. The second-order valence-corrected chi connectivity index (χ2v) is 4.79. The first-order valence-electron chi connectivity index (χ1n) is 5.35. The maximum atomic E-state index is 11.7. The lowest BCUT2D eigenvalue weighted by Gasteiger charge is -2.16. The zero-order valence-corrected chi connectivity index (χ0v) is 8.38. The highest BCUT2D eigenvalue weighted by atomic mass is 16.1. The van der Waals surface area contributed by atoms with Crippen LogP contribution < -0.4 is 0 Å². The predicted molar refractivity (Wildman–Crippen MR) is 53.4 cm³/mol. The molecule has 0 spiro atoms. The smallest absolute Gasteiger partial charge is 0.136 e. The van der Waals surface area contributed by atoms with Crippen LogP contribution in [-0.2, 0) is 4.79 Å². The Morgan fingerprint density at radius 3 is 3.00 bits per heavy atom. The summed E-state index contributed by atoms with van der Waals surface area (Å²) in [6.07, 6.45) is 5.73. The Morgan fingerprint density at radius 2 is 2.31 bits per heavy atom. The summed E-state index contributed by atoms with van der Waals surface area (Å²) in [6.45, 7) is 5.95. The number of ketones is 1. The molecule has 0 aromatic heterocycles. The number of carbonyl (C=O) groups is 1. The van der Waals surface area contributed by atoms with Gasteiger partial charge in [0.25, 0.3) is 0 Å². The third-order valence-corrected chi connectivity index (χ3v) is 3.68. The van der Waals surface area contributed by atoms with Gasteiger partial charge in [0.15, 0.2) is 0 Å². The summed E-state index contributed by atoms with van der Waals surface area (Å²) in [7, 11) is 0. The van der Waals surface area contributed by atoms with E-state index in [1.54, 1.807) is 0 Å². The topological polar surface area (TPSA) is 17.1 Å². The van der Waals surface area contributed by atoms with Gasteiger partial charge < -0.3 is 0 Å². The standard InChI is InChI=1S/C12H18O/c1-8(2)6-11-10-5-3-4-9(10)7-12(11)13/h9-11H,1,3-7H2,2H3/t9-,10-,11+/m1/s1. The van der Waals surface area contributed by atoms with Crippen molar-refractivity contribution in [2.75, 3.05) is 0 Å². The van der Waals surface area contributed by atoms with Crippen molar-refractivity contribution >= 4 is 5.78 Å². The second-order valence-electron chi connectivity index (χ2n) is 4.79. The summed E-state index contributed by atoms with van der Waals surface area (Å²) < 4.78 is 0. The minimum Gasteiger partial charge on any atom is -0.299 e. The zero-order chi connectivity index (χ0) is 9.42. The van der Waals surface area contributed by atoms with Crippen LogP contribution in [0.4, 0.5) is 0 Å². The summed E-state index contributed by atoms with van der Waals surface area (Å²) in [6, 6.07) is 0. The van der Waals surface area contributed by atoms with Gasteiger partial charge in [0.05, 0.1) is 0 Å². The van der Waals surface area contributed by atoms with Gasteiger partial charge in [0.2, 0.25) is 0 Å². The minimum atomic E-state index is 0.338. The van der Waals surface area contributed by atoms with Gasteiger partial charge in [-0.25, -0.2) is 0 Å². The van der Waals surface area contributed by atoms with E-state index in [1.165, 1.54) is 24.8 Å². The molecule has 0 aromatic rings. The molecule has 2 saturated carbocycles. The molecule has 2 rings (SSSR count). The van der Waals surface area contributed by atoms with E-state index in [1.807, 2.05) is 6.92 Å². The van der Waals surface area contributed by atoms with Crippen LogP contribution in [-0.4, -0.2) is 5.78 Å². The van der Waals surface area contributed by atoms with E-state index >= 15 is 0 Å². The van der Waals surface area contributed by atoms with Gasteiger partial charge in [-0.15, -0.1) is 6.58 Å². The number of Topliss-reactive ketones (excluding diaryl/α,β-unsaturated/α-hetero) is 1. The van der Waals surface area contributed by atoms with Crippen LogP contribution >= 0.6 is 0 Å². The lowest BCUT2D eigenvalue weighted by Crippen LogP contribution is -2.14. The predicted octanol–water partition coefficient (Wildman–Crippen LogP) is 2.96. The van der Waals surface area contributed by atoms with E-state index < -0.39 is 0 Å². The largest absolute Gasteiger partial charge is 0.299 e. The van der Waals surface area contributed by atoms with E-state index in [-0.39, 0.29) is 0 Å². The molecule has 0 aliphatic heterocycles. The van der Waals surface area contributed by atoms with Crippen LogP contribution in [0.1, 0.15) is 39.0 Å². The van der Waals surface area contributed by atoms with E-state index in [4.69, 9.17) is 0 Å². The van der Waals surface area contributed by atoms with Crippen molar-refractivity contribution in [3.05, 3.63) is 12.2 Å². The van der Waals surface area contributed by atoms with Crippen molar-refractivity contribution in [3.8, 4) is 0 Å². The summed E-state index contributed by atoms with van der Waals surface area (Å²) >= 11 is 0. The molecular weight excluding hydrogens is 160 g/mol. The second kappa shape index (κ2) is 3.28. The highest BCUT2D eigenvalue weighted by Crippen LogP contribution is 2.47. The van der Waals surface area contributed by atoms with Crippen LogP contribution in [0.25, 0.3) is 0 Å². The molecule has 1 nitrogen and oxygen atoms in total. The highest BCUT2D eigenvalue weighted by molar-refractivity contribution is 5.84. The molecule has 0 unspecified atom stereocenters. The summed E-state index contributed by atoms with van der Waals surface area (Å²) in [5.41, 5.74) is 1.17. The van der Waals surface area contributed by atoms with Crippen LogP contribution in [0.15, 0.2) is 12.2 Å². The average molecular weight is 178 g/mol. The zero-order valence-electron chi connectivity index (χ0n) is 8.38. The fourth-order valence-electron chi connectivity index (χ4n) is 3.14. The fourth-order valence-corrected chi connectivity index (χ4v) is 3.14. The van der Waals surface area contributed by atoms with E-state index in [2.05, 4.69) is 6.58 Å². The average Bonchev–Trinajstić information content (AvgIpc) is 2.55. The van der Waals surface area contributed by atoms with Crippen molar-refractivity contribution in [1.82, 2.24) is 0 Å². The Morgan fingerprint density at radius 1 is 1.54 bits per heavy atom. The monoisotopic (exact) mass is 178 g/mol. The molecule has 2 aliphatic rings. The molecule has 0 aromatic carbocycles. The maximum Gasteiger partial charge on any atom is 0.136 e. The Hall–Kier alpha value is -0.590. The Labute approximate surface area is 80.2 Å². The molecule has 1 heteroatoms. The number of rotatable bonds is 2. The molecule has 0 radical (unpaired) electrons. The minimum absolute atomic E-state index is 0.338. The molecule has 72 valence electrons. The molecule has 2 aliphatic carbocycles. The van der Waals surface area contributed by atoms with Crippen molar-refractivity contribution in [1.29, 1.82) is 0 Å². The van der Waals surface area contributed by atoms with E-state index in [0.717, 1.165) is 18.8 Å². The van der Waals surface area contributed by atoms with Gasteiger partial charge in [0, 0.05) is 12.3 Å². The Bertz CT molecular complexity index is 242. The SMILES string of the molecule is C=C(C)C[C@@H]1C(=O)C[C@H]2CCC[C@H]21. The van der Waals surface area contributed by atoms with Crippen LogP contribution in [0.3, 0.4) is 0 Å². The Balaban J connectivity index is 2.08. The normalized spacial score (nSPS) is 37.9. The van der Waals surface area contributed by atoms with Crippen molar-refractivity contribution in [3.63, 3.8) is 0 Å². The molecule has 0 amide bonds. The quantitative estimate of drug-likeness (QED) is 0.594. The molecule has 3 atom stereocenters. The van der Waals surface area contributed by atoms with Crippen molar-refractivity contribution in [2.45, 2.75) is 39.0 Å². The van der Waals surface area contributed by atoms with Crippen molar-refractivity contribution < 1.29 is 4.79 Å². The number of carbonyl (C=O) groups excluding carboxylic acids is 1. The molecule has 0 bridgehead atoms. The fraction of sp³-hybridized carbons (Fsp3) is 0.750. The lowest BCUT2D eigenvalue weighted by atomic mass is 9.87. The molecule has 0 heterocycles. The van der Waals surface area contributed by atoms with E-state index in [0.29, 0.717) is 17.6 Å². The van der Waals surface area contributed by atoms with Crippen LogP contribution in [0.2, 0.25) is 0 Å². The first kappa shape index (κ1) is 8.98. The van der Waals surface area contributed by atoms with Crippen LogP contribution in [0.5, 0.6) is 0 Å². The highest BCUT2D eigenvalue weighted by Gasteiger charge is 2.43. The van der Waals surface area contributed by atoms with Crippen molar-refractivity contribution in [2.24, 2.45) is 17.8 Å². The third kappa shape index (κ3) is 1.56. The van der Waals surface area contributed by atoms with Gasteiger partial charge in [-0.3, -0.25) is 4.79 Å². The van der Waals surface area contributed by atoms with Gasteiger partial charge in [-0.05, 0) is 38.0 Å². The number of hydrogen-bond acceptors (Lipinski definition) is 1. The van der Waals surface area contributed by atoms with Gasteiger partial charge in [0.1, 0.15) is 5.78 Å². The lowest BCUT2D eigenvalue weighted by molar-refractivity contribution is -0.121.